The number of ether oxygens (including phenoxy) is 1. The van der Waals surface area contributed by atoms with Crippen molar-refractivity contribution in [3.05, 3.63) is 29.3 Å². The van der Waals surface area contributed by atoms with Gasteiger partial charge in [-0.3, -0.25) is 4.79 Å². The Bertz CT molecular complexity index is 635. The number of carbonyl (C=O) groups is 1. The van der Waals surface area contributed by atoms with E-state index in [0.717, 1.165) is 0 Å². The zero-order valence-corrected chi connectivity index (χ0v) is 13.9. The molecule has 0 spiro atoms. The maximum Gasteiger partial charge on any atom is 0.242 e. The number of nitrogens with one attached hydrogen (secondary N) is 1. The molecule has 1 N–H and O–H groups in total. The highest BCUT2D eigenvalue weighted by molar-refractivity contribution is 7.89. The summed E-state index contributed by atoms with van der Waals surface area (Å²) < 4.78 is 32.0. The normalized spacial score (nSPS) is 19.2. The number of nitrogens with zero attached hydrogens (tertiary/aromatic N) is 1. The van der Waals surface area contributed by atoms with Crippen LogP contribution in [0.15, 0.2) is 29.2 Å². The molecule has 6 nitrogen and oxygen atoms in total. The summed E-state index contributed by atoms with van der Waals surface area (Å²) in [5, 5.41) is 0.156. The third-order valence-electron chi connectivity index (χ3n) is 3.35. The minimum absolute atomic E-state index is 0.0116. The maximum absolute atomic E-state index is 12.1. The van der Waals surface area contributed by atoms with Crippen molar-refractivity contribution in [1.82, 2.24) is 9.62 Å². The Hall–Kier alpha value is -1.15. The van der Waals surface area contributed by atoms with Gasteiger partial charge in [0.15, 0.2) is 0 Å². The van der Waals surface area contributed by atoms with Gasteiger partial charge in [-0.1, -0.05) is 23.7 Å². The second kappa shape index (κ2) is 7.41. The van der Waals surface area contributed by atoms with Crippen LogP contribution < -0.4 is 4.72 Å². The van der Waals surface area contributed by atoms with Gasteiger partial charge < -0.3 is 9.64 Å². The van der Waals surface area contributed by atoms with Crippen molar-refractivity contribution < 1.29 is 17.9 Å². The predicted molar refractivity (Wildman–Crippen MR) is 83.3 cm³/mol. The van der Waals surface area contributed by atoms with Gasteiger partial charge in [-0.05, 0) is 19.1 Å². The quantitative estimate of drug-likeness (QED) is 0.870. The number of benzene rings is 1. The second-order valence-corrected chi connectivity index (χ2v) is 7.24. The number of carbonyl (C=O) groups excluding carboxylic acids is 1. The highest BCUT2D eigenvalue weighted by atomic mass is 35.5. The van der Waals surface area contributed by atoms with E-state index in [1.165, 1.54) is 12.1 Å². The SMILES string of the molecule is CC1CN(C(=O)CCNS(=O)(=O)c2ccccc2Cl)CCO1. The number of halogens is 1. The average Bonchev–Trinajstić information content (AvgIpc) is 2.47. The molecule has 0 bridgehead atoms. The van der Waals surface area contributed by atoms with E-state index in [0.29, 0.717) is 19.7 Å². The van der Waals surface area contributed by atoms with Crippen molar-refractivity contribution >= 4 is 27.5 Å². The molecular weight excluding hydrogens is 328 g/mol. The van der Waals surface area contributed by atoms with Crippen LogP contribution in [-0.4, -0.2) is 51.6 Å². The second-order valence-electron chi connectivity index (χ2n) is 5.10. The zero-order chi connectivity index (χ0) is 16.2. The summed E-state index contributed by atoms with van der Waals surface area (Å²) >= 11 is 5.88. The molecule has 122 valence electrons. The van der Waals surface area contributed by atoms with Crippen LogP contribution in [0, 0.1) is 0 Å². The largest absolute Gasteiger partial charge is 0.375 e. The lowest BCUT2D eigenvalue weighted by Crippen LogP contribution is -2.45. The van der Waals surface area contributed by atoms with E-state index in [9.17, 15) is 13.2 Å². The third-order valence-corrected chi connectivity index (χ3v) is 5.31. The van der Waals surface area contributed by atoms with Crippen LogP contribution in [0.1, 0.15) is 13.3 Å². The lowest BCUT2D eigenvalue weighted by Gasteiger charge is -2.31. The summed E-state index contributed by atoms with van der Waals surface area (Å²) in [6.45, 7) is 3.53. The van der Waals surface area contributed by atoms with E-state index in [1.807, 2.05) is 6.92 Å². The predicted octanol–water partition coefficient (Wildman–Crippen LogP) is 1.26. The van der Waals surface area contributed by atoms with E-state index >= 15 is 0 Å². The van der Waals surface area contributed by atoms with Crippen LogP contribution in [-0.2, 0) is 19.6 Å². The number of rotatable bonds is 5. The van der Waals surface area contributed by atoms with Crippen LogP contribution in [0.4, 0.5) is 0 Å². The Kier molecular flexibility index (Phi) is 5.80. The summed E-state index contributed by atoms with van der Waals surface area (Å²) in [4.78, 5) is 13.8. The first-order valence-corrected chi connectivity index (χ1v) is 8.90. The maximum atomic E-state index is 12.1. The molecule has 2 rings (SSSR count). The van der Waals surface area contributed by atoms with Gasteiger partial charge in [-0.2, -0.15) is 0 Å². The molecule has 1 amide bonds. The highest BCUT2D eigenvalue weighted by Gasteiger charge is 2.22. The van der Waals surface area contributed by atoms with Gasteiger partial charge >= 0.3 is 0 Å². The molecule has 8 heteroatoms. The van der Waals surface area contributed by atoms with Gasteiger partial charge in [0.1, 0.15) is 4.90 Å². The lowest BCUT2D eigenvalue weighted by molar-refractivity contribution is -0.137. The van der Waals surface area contributed by atoms with E-state index in [1.54, 1.807) is 17.0 Å². The van der Waals surface area contributed by atoms with Crippen molar-refractivity contribution in [3.8, 4) is 0 Å². The monoisotopic (exact) mass is 346 g/mol. The number of hydrogen-bond acceptors (Lipinski definition) is 4. The van der Waals surface area contributed by atoms with Crippen LogP contribution in [0.25, 0.3) is 0 Å². The summed E-state index contributed by atoms with van der Waals surface area (Å²) in [6, 6.07) is 6.19. The van der Waals surface area contributed by atoms with Crippen molar-refractivity contribution in [1.29, 1.82) is 0 Å². The standard InChI is InChI=1S/C14H19ClN2O4S/c1-11-10-17(8-9-21-11)14(18)6-7-16-22(19,20)13-5-3-2-4-12(13)15/h2-5,11,16H,6-10H2,1H3. The van der Waals surface area contributed by atoms with Crippen LogP contribution in [0.5, 0.6) is 0 Å². The highest BCUT2D eigenvalue weighted by Crippen LogP contribution is 2.20. The van der Waals surface area contributed by atoms with Crippen molar-refractivity contribution in [3.63, 3.8) is 0 Å². The fourth-order valence-corrected chi connectivity index (χ4v) is 3.79. The minimum atomic E-state index is -3.71. The zero-order valence-electron chi connectivity index (χ0n) is 12.3. The van der Waals surface area contributed by atoms with Gasteiger partial charge in [-0.25, -0.2) is 13.1 Å². The average molecular weight is 347 g/mol. The van der Waals surface area contributed by atoms with Gasteiger partial charge in [0, 0.05) is 26.1 Å². The van der Waals surface area contributed by atoms with Crippen LogP contribution in [0.2, 0.25) is 5.02 Å². The third kappa shape index (κ3) is 4.42. The molecule has 1 heterocycles. The number of morpholine rings is 1. The summed E-state index contributed by atoms with van der Waals surface area (Å²) in [5.41, 5.74) is 0. The number of amides is 1. The molecule has 1 atom stereocenters. The molecule has 1 saturated heterocycles. The first kappa shape index (κ1) is 17.2. The molecule has 1 aliphatic rings. The first-order valence-electron chi connectivity index (χ1n) is 7.04. The molecule has 0 aliphatic carbocycles. The Morgan fingerprint density at radius 3 is 2.86 bits per heavy atom. The van der Waals surface area contributed by atoms with Gasteiger partial charge in [0.2, 0.25) is 15.9 Å². The topological polar surface area (TPSA) is 75.7 Å². The smallest absolute Gasteiger partial charge is 0.242 e. The van der Waals surface area contributed by atoms with Crippen molar-refractivity contribution in [2.75, 3.05) is 26.2 Å². The Balaban J connectivity index is 1.88. The Labute approximate surface area is 135 Å². The molecule has 0 radical (unpaired) electrons. The first-order chi connectivity index (χ1) is 10.4. The molecule has 1 fully saturated rings. The molecule has 22 heavy (non-hydrogen) atoms. The number of hydrogen-bond donors (Lipinski definition) is 1. The molecule has 0 saturated carbocycles. The Morgan fingerprint density at radius 2 is 2.18 bits per heavy atom. The molecular formula is C14H19ClN2O4S. The van der Waals surface area contributed by atoms with Crippen molar-refractivity contribution in [2.45, 2.75) is 24.3 Å². The Morgan fingerprint density at radius 1 is 1.45 bits per heavy atom. The molecule has 1 aromatic rings. The summed E-state index contributed by atoms with van der Waals surface area (Å²) in [6.07, 6.45) is 0.119. The van der Waals surface area contributed by atoms with Gasteiger partial charge in [-0.15, -0.1) is 0 Å². The van der Waals surface area contributed by atoms with Gasteiger partial charge in [0.25, 0.3) is 0 Å². The van der Waals surface area contributed by atoms with Crippen LogP contribution >= 0.6 is 11.6 Å². The molecule has 1 aromatic carbocycles. The van der Waals surface area contributed by atoms with E-state index in [4.69, 9.17) is 16.3 Å². The summed E-state index contributed by atoms with van der Waals surface area (Å²) in [7, 11) is -3.71. The number of sulfonamides is 1. The molecule has 1 aliphatic heterocycles. The van der Waals surface area contributed by atoms with Crippen LogP contribution in [0.3, 0.4) is 0 Å². The minimum Gasteiger partial charge on any atom is -0.375 e. The molecule has 0 aromatic heterocycles. The molecule has 1 unspecified atom stereocenters. The lowest BCUT2D eigenvalue weighted by atomic mass is 10.2. The summed E-state index contributed by atoms with van der Waals surface area (Å²) in [5.74, 6) is -0.0861. The van der Waals surface area contributed by atoms with Gasteiger partial charge in [0.05, 0.1) is 17.7 Å². The fourth-order valence-electron chi connectivity index (χ4n) is 2.24. The van der Waals surface area contributed by atoms with E-state index < -0.39 is 10.0 Å². The van der Waals surface area contributed by atoms with Crippen molar-refractivity contribution in [2.24, 2.45) is 0 Å². The van der Waals surface area contributed by atoms with E-state index in [2.05, 4.69) is 4.72 Å². The fraction of sp³-hybridized carbons (Fsp3) is 0.500. The van der Waals surface area contributed by atoms with E-state index in [-0.39, 0.29) is 34.9 Å².